The maximum Gasteiger partial charge on any atom is 0.407 e. The number of alkyl carbamates (subject to hydrolysis) is 1. The van der Waals surface area contributed by atoms with Crippen molar-refractivity contribution >= 4 is 18.0 Å². The minimum Gasteiger partial charge on any atom is -0.461 e. The van der Waals surface area contributed by atoms with Gasteiger partial charge in [0.25, 0.3) is 0 Å². The van der Waals surface area contributed by atoms with E-state index in [2.05, 4.69) is 5.32 Å². The third kappa shape index (κ3) is 14.5. The Labute approximate surface area is 204 Å². The summed E-state index contributed by atoms with van der Waals surface area (Å²) in [5.74, 6) is -0.555. The van der Waals surface area contributed by atoms with Gasteiger partial charge in [-0.05, 0) is 47.1 Å². The summed E-state index contributed by atoms with van der Waals surface area (Å²) in [6.45, 7) is 13.0. The molecule has 1 aromatic rings. The first-order chi connectivity index (χ1) is 15.7. The number of carbonyl (C=O) groups excluding carboxylic acids is 3. The van der Waals surface area contributed by atoms with Crippen LogP contribution in [-0.2, 0) is 30.4 Å². The van der Waals surface area contributed by atoms with Crippen LogP contribution in [0.5, 0.6) is 0 Å². The number of hydrogen-bond donors (Lipinski definition) is 1. The van der Waals surface area contributed by atoms with Crippen LogP contribution >= 0.6 is 0 Å². The van der Waals surface area contributed by atoms with Crippen molar-refractivity contribution in [3.05, 3.63) is 35.9 Å². The van der Waals surface area contributed by atoms with Crippen molar-refractivity contribution in [2.45, 2.75) is 78.6 Å². The van der Waals surface area contributed by atoms with Crippen molar-refractivity contribution in [2.75, 3.05) is 33.2 Å². The van der Waals surface area contributed by atoms with Crippen LogP contribution in [0.1, 0.15) is 66.4 Å². The van der Waals surface area contributed by atoms with Crippen LogP contribution in [0.2, 0.25) is 0 Å². The molecule has 8 heteroatoms. The molecule has 0 radical (unpaired) electrons. The number of ether oxygens (including phenoxy) is 3. The van der Waals surface area contributed by atoms with Gasteiger partial charge in [-0.3, -0.25) is 4.79 Å². The smallest absolute Gasteiger partial charge is 0.407 e. The fourth-order valence-corrected chi connectivity index (χ4v) is 3.34. The van der Waals surface area contributed by atoms with Crippen LogP contribution in [-0.4, -0.2) is 66.9 Å². The number of rotatable bonds is 12. The molecule has 34 heavy (non-hydrogen) atoms. The van der Waals surface area contributed by atoms with Gasteiger partial charge in [0.05, 0.1) is 26.6 Å². The van der Waals surface area contributed by atoms with E-state index in [1.165, 1.54) is 0 Å². The fourth-order valence-electron chi connectivity index (χ4n) is 3.34. The Bertz CT molecular complexity index is 783. The highest BCUT2D eigenvalue weighted by molar-refractivity contribution is 5.71. The van der Waals surface area contributed by atoms with Gasteiger partial charge in [-0.25, -0.2) is 9.59 Å². The van der Waals surface area contributed by atoms with Crippen molar-refractivity contribution < 1.29 is 33.1 Å². The lowest BCUT2D eigenvalue weighted by Gasteiger charge is -2.34. The van der Waals surface area contributed by atoms with E-state index < -0.39 is 17.3 Å². The molecule has 0 aliphatic carbocycles. The van der Waals surface area contributed by atoms with Crippen molar-refractivity contribution in [1.29, 1.82) is 0 Å². The highest BCUT2D eigenvalue weighted by Crippen LogP contribution is 2.13. The Kier molecular flexibility index (Phi) is 11.5. The summed E-state index contributed by atoms with van der Waals surface area (Å²) in [6.07, 6.45) is 1.03. The summed E-state index contributed by atoms with van der Waals surface area (Å²) in [5.41, 5.74) is -0.180. The van der Waals surface area contributed by atoms with Crippen LogP contribution in [0, 0.1) is 0 Å². The summed E-state index contributed by atoms with van der Waals surface area (Å²) >= 11 is 0. The van der Waals surface area contributed by atoms with E-state index in [-0.39, 0.29) is 31.5 Å². The molecular formula is C26H43N2O6+. The largest absolute Gasteiger partial charge is 0.461 e. The molecule has 1 amide bonds. The quantitative estimate of drug-likeness (QED) is 0.209. The molecular weight excluding hydrogens is 436 g/mol. The number of hydrogen-bond acceptors (Lipinski definition) is 6. The van der Waals surface area contributed by atoms with Gasteiger partial charge < -0.3 is 24.0 Å². The lowest BCUT2D eigenvalue weighted by molar-refractivity contribution is -0.902. The van der Waals surface area contributed by atoms with Gasteiger partial charge in [0.1, 0.15) is 17.8 Å². The van der Waals surface area contributed by atoms with Crippen LogP contribution in [0.25, 0.3) is 0 Å². The second kappa shape index (κ2) is 13.3. The topological polar surface area (TPSA) is 90.9 Å². The molecule has 0 saturated carbocycles. The standard InChI is InChI=1S/C26H42N2O6/c1-25(2,3)33-23(30)19-28(7,18-12-16-27-24(31)34-26(4,5)6)17-11-15-22(29)32-20-21-13-9-8-10-14-21/h8-10,13-14H,11-12,15-20H2,1-7H3/p+1/t28-/m1/s1. The van der Waals surface area contributed by atoms with Gasteiger partial charge in [-0.2, -0.15) is 0 Å². The first-order valence-corrected chi connectivity index (χ1v) is 11.9. The predicted octanol–water partition coefficient (Wildman–Crippen LogP) is 4.21. The van der Waals surface area contributed by atoms with E-state index in [0.717, 1.165) is 5.56 Å². The third-order valence-electron chi connectivity index (χ3n) is 4.80. The lowest BCUT2D eigenvalue weighted by atomic mass is 10.2. The predicted molar refractivity (Wildman–Crippen MR) is 131 cm³/mol. The van der Waals surface area contributed by atoms with E-state index in [9.17, 15) is 14.4 Å². The van der Waals surface area contributed by atoms with Crippen molar-refractivity contribution in [2.24, 2.45) is 0 Å². The van der Waals surface area contributed by atoms with E-state index in [1.807, 2.05) is 78.9 Å². The zero-order chi connectivity index (χ0) is 25.8. The Balaban J connectivity index is 2.56. The van der Waals surface area contributed by atoms with Gasteiger partial charge >= 0.3 is 18.0 Å². The van der Waals surface area contributed by atoms with Crippen LogP contribution in [0.15, 0.2) is 30.3 Å². The van der Waals surface area contributed by atoms with Crippen LogP contribution in [0.3, 0.4) is 0 Å². The third-order valence-corrected chi connectivity index (χ3v) is 4.80. The Morgan fingerprint density at radius 1 is 0.853 bits per heavy atom. The Morgan fingerprint density at radius 3 is 2.03 bits per heavy atom. The number of likely N-dealkylation sites (N-methyl/N-ethyl adjacent to an activating group) is 1. The molecule has 0 aromatic heterocycles. The molecule has 1 aromatic carbocycles. The number of carbonyl (C=O) groups is 3. The number of amides is 1. The molecule has 0 unspecified atom stereocenters. The molecule has 0 heterocycles. The molecule has 1 rings (SSSR count). The summed E-state index contributed by atoms with van der Waals surface area (Å²) in [7, 11) is 1.96. The van der Waals surface area contributed by atoms with Gasteiger partial charge in [-0.1, -0.05) is 30.3 Å². The normalized spacial score (nSPS) is 13.5. The second-order valence-electron chi connectivity index (χ2n) is 10.8. The zero-order valence-corrected chi connectivity index (χ0v) is 21.9. The first-order valence-electron chi connectivity index (χ1n) is 11.9. The molecule has 0 bridgehead atoms. The maximum absolute atomic E-state index is 12.5. The van der Waals surface area contributed by atoms with Crippen molar-refractivity contribution in [1.82, 2.24) is 5.32 Å². The molecule has 0 spiro atoms. The van der Waals surface area contributed by atoms with Crippen LogP contribution in [0.4, 0.5) is 4.79 Å². The van der Waals surface area contributed by atoms with Gasteiger partial charge in [0.15, 0.2) is 6.54 Å². The molecule has 0 saturated heterocycles. The average Bonchev–Trinajstić information content (AvgIpc) is 2.67. The lowest BCUT2D eigenvalue weighted by Crippen LogP contribution is -2.51. The van der Waals surface area contributed by atoms with Crippen molar-refractivity contribution in [3.8, 4) is 0 Å². The SMILES string of the molecule is CC(C)(C)OC(=O)C[N@@+](C)(CCCNC(=O)OC(C)(C)C)CCCC(=O)OCc1ccccc1. The van der Waals surface area contributed by atoms with Gasteiger partial charge in [0.2, 0.25) is 0 Å². The molecule has 192 valence electrons. The highest BCUT2D eigenvalue weighted by atomic mass is 16.6. The van der Waals surface area contributed by atoms with E-state index in [0.29, 0.717) is 37.0 Å². The minimum absolute atomic E-state index is 0.183. The van der Waals surface area contributed by atoms with E-state index >= 15 is 0 Å². The number of quaternary nitrogens is 1. The Morgan fingerprint density at radius 2 is 1.44 bits per heavy atom. The molecule has 1 N–H and O–H groups in total. The summed E-state index contributed by atoms with van der Waals surface area (Å²) in [6, 6.07) is 9.54. The zero-order valence-electron chi connectivity index (χ0n) is 21.9. The van der Waals surface area contributed by atoms with Crippen LogP contribution < -0.4 is 5.32 Å². The Hall–Kier alpha value is -2.61. The van der Waals surface area contributed by atoms with E-state index in [1.54, 1.807) is 0 Å². The monoisotopic (exact) mass is 479 g/mol. The van der Waals surface area contributed by atoms with Crippen molar-refractivity contribution in [3.63, 3.8) is 0 Å². The summed E-state index contributed by atoms with van der Waals surface area (Å²) in [5, 5.41) is 2.75. The first kappa shape index (κ1) is 29.4. The highest BCUT2D eigenvalue weighted by Gasteiger charge is 2.29. The average molecular weight is 480 g/mol. The molecule has 0 aliphatic heterocycles. The molecule has 0 aliphatic rings. The van der Waals surface area contributed by atoms with Gasteiger partial charge in [-0.15, -0.1) is 0 Å². The number of nitrogens with one attached hydrogen (secondary N) is 1. The van der Waals surface area contributed by atoms with Gasteiger partial charge in [0, 0.05) is 19.4 Å². The molecule has 1 atom stereocenters. The second-order valence-corrected chi connectivity index (χ2v) is 10.8. The number of benzene rings is 1. The fraction of sp³-hybridized carbons (Fsp3) is 0.654. The van der Waals surface area contributed by atoms with E-state index in [4.69, 9.17) is 14.2 Å². The summed E-state index contributed by atoms with van der Waals surface area (Å²) < 4.78 is 16.5. The number of esters is 2. The molecule has 8 nitrogen and oxygen atoms in total. The summed E-state index contributed by atoms with van der Waals surface area (Å²) in [4.78, 5) is 36.6. The minimum atomic E-state index is -0.568. The number of nitrogens with zero attached hydrogens (tertiary/aromatic N) is 1. The molecule has 0 fully saturated rings. The maximum atomic E-state index is 12.5.